The average molecular weight is 308 g/mol. The van der Waals surface area contributed by atoms with Crippen molar-refractivity contribution in [1.82, 2.24) is 14.7 Å². The highest BCUT2D eigenvalue weighted by Gasteiger charge is 2.20. The zero-order valence-corrected chi connectivity index (χ0v) is 11.7. The smallest absolute Gasteiger partial charge is 0.272 e. The molecule has 0 aliphatic rings. The number of fused-ring (bicyclic) bond motifs is 1. The molecule has 0 fully saturated rings. The second-order valence-corrected chi connectivity index (χ2v) is 5.34. The molecule has 2 aromatic heterocycles. The summed E-state index contributed by atoms with van der Waals surface area (Å²) in [6.45, 7) is 0. The van der Waals surface area contributed by atoms with Crippen LogP contribution in [0.5, 0.6) is 0 Å². The largest absolute Gasteiger partial charge is 0.396 e. The Morgan fingerprint density at radius 3 is 2.90 bits per heavy atom. The number of carbonyl (C=O) groups is 1. The number of anilines is 1. The fourth-order valence-corrected chi connectivity index (χ4v) is 3.09. The topological polar surface area (TPSA) is 72.4 Å². The highest BCUT2D eigenvalue weighted by molar-refractivity contribution is 7.21. The highest BCUT2D eigenvalue weighted by atomic mass is 32.1. The Bertz CT molecular complexity index is 855. The Morgan fingerprint density at radius 2 is 2.19 bits per heavy atom. The van der Waals surface area contributed by atoms with E-state index in [2.05, 4.69) is 10.3 Å². The maximum absolute atomic E-state index is 14.0. The molecule has 0 saturated heterocycles. The molecule has 2 heterocycles. The van der Waals surface area contributed by atoms with Gasteiger partial charge in [-0.1, -0.05) is 0 Å². The van der Waals surface area contributed by atoms with Gasteiger partial charge in [0, 0.05) is 13.2 Å². The van der Waals surface area contributed by atoms with E-state index in [4.69, 9.17) is 5.73 Å². The van der Waals surface area contributed by atoms with Gasteiger partial charge in [-0.2, -0.15) is 0 Å². The van der Waals surface area contributed by atoms with E-state index < -0.39 is 11.6 Å². The van der Waals surface area contributed by atoms with Gasteiger partial charge in [-0.25, -0.2) is 13.8 Å². The van der Waals surface area contributed by atoms with Crippen LogP contribution in [0.2, 0.25) is 0 Å². The summed E-state index contributed by atoms with van der Waals surface area (Å²) in [6.07, 6.45) is 2.93. The van der Waals surface area contributed by atoms with E-state index in [0.29, 0.717) is 9.71 Å². The van der Waals surface area contributed by atoms with Crippen molar-refractivity contribution in [1.29, 1.82) is 0 Å². The predicted octanol–water partition coefficient (Wildman–Crippen LogP) is 2.28. The van der Waals surface area contributed by atoms with E-state index in [1.54, 1.807) is 4.40 Å². The van der Waals surface area contributed by atoms with Gasteiger partial charge in [0.05, 0.1) is 16.1 Å². The standard InChI is InChI=1S/C13H10F2N4OS/c1-17-12(20)11-13-19(5-18-11)4-8(21-13)9-6(14)2-3-7(16)10(9)15/h2-5H,16H2,1H3,(H,17,20). The molecule has 0 bridgehead atoms. The van der Waals surface area contributed by atoms with Gasteiger partial charge in [-0.3, -0.25) is 9.20 Å². The van der Waals surface area contributed by atoms with E-state index >= 15 is 0 Å². The summed E-state index contributed by atoms with van der Waals surface area (Å²) in [7, 11) is 1.49. The lowest BCUT2D eigenvalue weighted by atomic mass is 10.1. The van der Waals surface area contributed by atoms with Crippen molar-refractivity contribution in [2.24, 2.45) is 0 Å². The normalized spacial score (nSPS) is 11.0. The molecule has 0 unspecified atom stereocenters. The number of thiazole rings is 1. The summed E-state index contributed by atoms with van der Waals surface area (Å²) in [5, 5.41) is 2.46. The molecule has 0 atom stereocenters. The number of nitrogens with two attached hydrogens (primary N) is 1. The number of benzene rings is 1. The van der Waals surface area contributed by atoms with Crippen LogP contribution in [0.1, 0.15) is 10.5 Å². The lowest BCUT2D eigenvalue weighted by Crippen LogP contribution is -2.18. The number of rotatable bonds is 2. The van der Waals surface area contributed by atoms with Gasteiger partial charge in [0.1, 0.15) is 17.0 Å². The minimum Gasteiger partial charge on any atom is -0.396 e. The van der Waals surface area contributed by atoms with Crippen LogP contribution in [-0.4, -0.2) is 22.3 Å². The molecule has 108 valence electrons. The fourth-order valence-electron chi connectivity index (χ4n) is 1.98. The summed E-state index contributed by atoms with van der Waals surface area (Å²) in [4.78, 5) is 16.5. The average Bonchev–Trinajstić information content (AvgIpc) is 3.02. The zero-order chi connectivity index (χ0) is 15.1. The van der Waals surface area contributed by atoms with Crippen LogP contribution < -0.4 is 11.1 Å². The van der Waals surface area contributed by atoms with Gasteiger partial charge < -0.3 is 11.1 Å². The zero-order valence-electron chi connectivity index (χ0n) is 10.9. The van der Waals surface area contributed by atoms with Gasteiger partial charge in [-0.15, -0.1) is 11.3 Å². The monoisotopic (exact) mass is 308 g/mol. The number of aromatic nitrogens is 2. The minimum atomic E-state index is -0.811. The molecule has 3 rings (SSSR count). The molecule has 0 aliphatic carbocycles. The third kappa shape index (κ3) is 2.04. The molecule has 0 aliphatic heterocycles. The Labute approximate surface area is 122 Å². The van der Waals surface area contributed by atoms with E-state index in [1.165, 1.54) is 25.6 Å². The second-order valence-electron chi connectivity index (χ2n) is 4.31. The van der Waals surface area contributed by atoms with Crippen LogP contribution in [0.15, 0.2) is 24.7 Å². The van der Waals surface area contributed by atoms with Gasteiger partial charge in [-0.05, 0) is 12.1 Å². The number of hydrogen-bond acceptors (Lipinski definition) is 4. The van der Waals surface area contributed by atoms with Crippen LogP contribution in [0.25, 0.3) is 15.3 Å². The quantitative estimate of drug-likeness (QED) is 0.713. The van der Waals surface area contributed by atoms with Crippen molar-refractivity contribution < 1.29 is 13.6 Å². The van der Waals surface area contributed by atoms with Crippen LogP contribution in [0.3, 0.4) is 0 Å². The summed E-state index contributed by atoms with van der Waals surface area (Å²) < 4.78 is 29.5. The van der Waals surface area contributed by atoms with E-state index in [1.807, 2.05) is 0 Å². The maximum atomic E-state index is 14.0. The Morgan fingerprint density at radius 1 is 1.43 bits per heavy atom. The van der Waals surface area contributed by atoms with Crippen molar-refractivity contribution >= 4 is 27.8 Å². The van der Waals surface area contributed by atoms with Gasteiger partial charge in [0.15, 0.2) is 11.5 Å². The van der Waals surface area contributed by atoms with E-state index in [9.17, 15) is 13.6 Å². The lowest BCUT2D eigenvalue weighted by Gasteiger charge is -2.04. The van der Waals surface area contributed by atoms with E-state index in [-0.39, 0.29) is 22.9 Å². The number of imidazole rings is 1. The summed E-state index contributed by atoms with van der Waals surface area (Å²) in [5.41, 5.74) is 5.35. The number of nitrogens with zero attached hydrogens (tertiary/aromatic N) is 2. The third-order valence-corrected chi connectivity index (χ3v) is 4.15. The number of nitrogen functional groups attached to an aromatic ring is 1. The van der Waals surface area contributed by atoms with Crippen molar-refractivity contribution in [2.75, 3.05) is 12.8 Å². The van der Waals surface area contributed by atoms with Crippen LogP contribution in [0.4, 0.5) is 14.5 Å². The van der Waals surface area contributed by atoms with Crippen molar-refractivity contribution in [2.45, 2.75) is 0 Å². The molecule has 1 amide bonds. The lowest BCUT2D eigenvalue weighted by molar-refractivity contribution is 0.0960. The molecular weight excluding hydrogens is 298 g/mol. The summed E-state index contributed by atoms with van der Waals surface area (Å²) >= 11 is 1.07. The first-order valence-corrected chi connectivity index (χ1v) is 6.77. The van der Waals surface area contributed by atoms with Crippen molar-refractivity contribution in [3.63, 3.8) is 0 Å². The first-order valence-electron chi connectivity index (χ1n) is 5.95. The van der Waals surface area contributed by atoms with Crippen molar-refractivity contribution in [3.8, 4) is 10.4 Å². The van der Waals surface area contributed by atoms with Crippen LogP contribution >= 0.6 is 11.3 Å². The van der Waals surface area contributed by atoms with Crippen LogP contribution in [-0.2, 0) is 0 Å². The Balaban J connectivity index is 2.21. The number of halogens is 2. The molecule has 3 N–H and O–H groups in total. The minimum absolute atomic E-state index is 0.130. The maximum Gasteiger partial charge on any atom is 0.272 e. The molecule has 0 radical (unpaired) electrons. The Hall–Kier alpha value is -2.48. The van der Waals surface area contributed by atoms with Gasteiger partial charge in [0.2, 0.25) is 0 Å². The summed E-state index contributed by atoms with van der Waals surface area (Å²) in [6, 6.07) is 2.28. The second kappa shape index (κ2) is 4.81. The first kappa shape index (κ1) is 13.5. The van der Waals surface area contributed by atoms with Gasteiger partial charge in [0.25, 0.3) is 5.91 Å². The molecule has 21 heavy (non-hydrogen) atoms. The van der Waals surface area contributed by atoms with E-state index in [0.717, 1.165) is 17.4 Å². The predicted molar refractivity (Wildman–Crippen MR) is 76.2 cm³/mol. The van der Waals surface area contributed by atoms with Crippen LogP contribution in [0, 0.1) is 11.6 Å². The molecule has 0 spiro atoms. The van der Waals surface area contributed by atoms with Crippen molar-refractivity contribution in [3.05, 3.63) is 42.0 Å². The molecule has 1 aromatic carbocycles. The molecule has 5 nitrogen and oxygen atoms in total. The molecule has 8 heteroatoms. The third-order valence-electron chi connectivity index (χ3n) is 3.02. The molecular formula is C13H10F2N4OS. The fraction of sp³-hybridized carbons (Fsp3) is 0.0769. The molecule has 0 saturated carbocycles. The Kier molecular flexibility index (Phi) is 3.09. The number of carbonyl (C=O) groups excluding carboxylic acids is 1. The van der Waals surface area contributed by atoms with Gasteiger partial charge >= 0.3 is 0 Å². The summed E-state index contributed by atoms with van der Waals surface area (Å²) in [5.74, 6) is -1.88. The first-order chi connectivity index (χ1) is 10.0. The molecule has 3 aromatic rings. The number of amides is 1. The highest BCUT2D eigenvalue weighted by Crippen LogP contribution is 2.35. The number of nitrogens with one attached hydrogen (secondary N) is 1. The number of hydrogen-bond donors (Lipinski definition) is 2. The SMILES string of the molecule is CNC(=O)c1ncn2cc(-c3c(F)ccc(N)c3F)sc12.